The van der Waals surface area contributed by atoms with E-state index in [2.05, 4.69) is 28.3 Å². The SMILES string of the molecule is CCc1nccn1CCOc1ccc(C#CCN)cc1. The highest BCUT2D eigenvalue weighted by atomic mass is 16.5. The maximum atomic E-state index is 5.72. The summed E-state index contributed by atoms with van der Waals surface area (Å²) >= 11 is 0. The Hall–Kier alpha value is -2.25. The molecule has 1 aromatic carbocycles. The van der Waals surface area contributed by atoms with E-state index in [4.69, 9.17) is 10.5 Å². The molecule has 1 heterocycles. The number of benzene rings is 1. The van der Waals surface area contributed by atoms with Gasteiger partial charge in [0, 0.05) is 24.4 Å². The van der Waals surface area contributed by atoms with Gasteiger partial charge >= 0.3 is 0 Å². The van der Waals surface area contributed by atoms with Gasteiger partial charge in [0.05, 0.1) is 13.1 Å². The average Bonchev–Trinajstić information content (AvgIpc) is 2.94. The molecule has 0 spiro atoms. The molecule has 0 saturated heterocycles. The zero-order valence-corrected chi connectivity index (χ0v) is 11.7. The van der Waals surface area contributed by atoms with E-state index in [1.54, 1.807) is 0 Å². The topological polar surface area (TPSA) is 53.1 Å². The third-order valence-electron chi connectivity index (χ3n) is 2.91. The molecule has 2 N–H and O–H groups in total. The van der Waals surface area contributed by atoms with Crippen LogP contribution in [0.5, 0.6) is 5.75 Å². The lowest BCUT2D eigenvalue weighted by atomic mass is 10.2. The zero-order valence-electron chi connectivity index (χ0n) is 11.7. The number of aryl methyl sites for hydroxylation is 1. The summed E-state index contributed by atoms with van der Waals surface area (Å²) in [5.41, 5.74) is 6.29. The van der Waals surface area contributed by atoms with Crippen LogP contribution >= 0.6 is 0 Å². The number of hydrogen-bond acceptors (Lipinski definition) is 3. The number of aromatic nitrogens is 2. The summed E-state index contributed by atoms with van der Waals surface area (Å²) in [4.78, 5) is 4.28. The highest BCUT2D eigenvalue weighted by Gasteiger charge is 2.00. The standard InChI is InChI=1S/C16H19N3O/c1-2-16-18-10-11-19(16)12-13-20-15-7-5-14(6-8-15)4-3-9-17/h5-8,10-11H,2,9,12-13,17H2,1H3. The first-order valence-corrected chi connectivity index (χ1v) is 6.75. The van der Waals surface area contributed by atoms with Gasteiger partial charge in [0.25, 0.3) is 0 Å². The van der Waals surface area contributed by atoms with Crippen molar-refractivity contribution in [3.8, 4) is 17.6 Å². The molecule has 0 radical (unpaired) electrons. The normalized spacial score (nSPS) is 9.90. The molecular weight excluding hydrogens is 250 g/mol. The van der Waals surface area contributed by atoms with E-state index in [-0.39, 0.29) is 0 Å². The van der Waals surface area contributed by atoms with E-state index in [1.807, 2.05) is 36.7 Å². The third kappa shape index (κ3) is 3.87. The lowest BCUT2D eigenvalue weighted by Gasteiger charge is -2.08. The van der Waals surface area contributed by atoms with Gasteiger partial charge < -0.3 is 15.0 Å². The van der Waals surface area contributed by atoms with Crippen molar-refractivity contribution in [3.63, 3.8) is 0 Å². The summed E-state index contributed by atoms with van der Waals surface area (Å²) in [7, 11) is 0. The van der Waals surface area contributed by atoms with Crippen LogP contribution in [0, 0.1) is 11.8 Å². The fraction of sp³-hybridized carbons (Fsp3) is 0.312. The molecule has 0 aliphatic carbocycles. The molecule has 0 fully saturated rings. The Kier molecular flexibility index (Phi) is 5.22. The van der Waals surface area contributed by atoms with Crippen LogP contribution in [0.1, 0.15) is 18.3 Å². The Labute approximate surface area is 119 Å². The molecule has 0 unspecified atom stereocenters. The smallest absolute Gasteiger partial charge is 0.119 e. The van der Waals surface area contributed by atoms with Gasteiger partial charge in [-0.15, -0.1) is 0 Å². The van der Waals surface area contributed by atoms with E-state index in [0.29, 0.717) is 13.2 Å². The lowest BCUT2D eigenvalue weighted by molar-refractivity contribution is 0.296. The second kappa shape index (κ2) is 7.37. The van der Waals surface area contributed by atoms with Crippen LogP contribution in [-0.2, 0) is 13.0 Å². The summed E-state index contributed by atoms with van der Waals surface area (Å²) in [6.45, 7) is 3.90. The predicted molar refractivity (Wildman–Crippen MR) is 79.5 cm³/mol. The minimum Gasteiger partial charge on any atom is -0.492 e. The van der Waals surface area contributed by atoms with Crippen LogP contribution in [0.4, 0.5) is 0 Å². The summed E-state index contributed by atoms with van der Waals surface area (Å²) in [6, 6.07) is 7.73. The van der Waals surface area contributed by atoms with Crippen molar-refractivity contribution in [1.29, 1.82) is 0 Å². The quantitative estimate of drug-likeness (QED) is 0.843. The third-order valence-corrected chi connectivity index (χ3v) is 2.91. The number of nitrogens with zero attached hydrogens (tertiary/aromatic N) is 2. The van der Waals surface area contributed by atoms with Crippen LogP contribution < -0.4 is 10.5 Å². The molecule has 4 heteroatoms. The van der Waals surface area contributed by atoms with E-state index >= 15 is 0 Å². The van der Waals surface area contributed by atoms with Gasteiger partial charge in [-0.2, -0.15) is 0 Å². The maximum absolute atomic E-state index is 5.72. The molecule has 4 nitrogen and oxygen atoms in total. The molecule has 1 aromatic heterocycles. The first-order chi connectivity index (χ1) is 9.83. The summed E-state index contributed by atoms with van der Waals surface area (Å²) in [6.07, 6.45) is 4.74. The number of rotatable bonds is 5. The second-order valence-electron chi connectivity index (χ2n) is 4.27. The molecule has 0 atom stereocenters. The fourth-order valence-corrected chi connectivity index (χ4v) is 1.91. The molecule has 0 aliphatic rings. The van der Waals surface area contributed by atoms with Crippen LogP contribution in [0.3, 0.4) is 0 Å². The predicted octanol–water partition coefficient (Wildman–Crippen LogP) is 1.83. The minimum absolute atomic E-state index is 0.378. The molecule has 2 rings (SSSR count). The Morgan fingerprint density at radius 1 is 1.30 bits per heavy atom. The number of imidazole rings is 1. The van der Waals surface area contributed by atoms with E-state index in [0.717, 1.165) is 30.1 Å². The Bertz CT molecular complexity index is 590. The fourth-order valence-electron chi connectivity index (χ4n) is 1.91. The van der Waals surface area contributed by atoms with Gasteiger partial charge in [-0.3, -0.25) is 0 Å². The van der Waals surface area contributed by atoms with E-state index in [9.17, 15) is 0 Å². The van der Waals surface area contributed by atoms with Crippen LogP contribution in [0.25, 0.3) is 0 Å². The van der Waals surface area contributed by atoms with Crippen molar-refractivity contribution >= 4 is 0 Å². The van der Waals surface area contributed by atoms with Gasteiger partial charge in [0.2, 0.25) is 0 Å². The molecule has 20 heavy (non-hydrogen) atoms. The molecule has 0 aliphatic heterocycles. The molecule has 104 valence electrons. The van der Waals surface area contributed by atoms with Crippen molar-refractivity contribution < 1.29 is 4.74 Å². The number of ether oxygens (including phenoxy) is 1. The van der Waals surface area contributed by atoms with Gasteiger partial charge in [0.15, 0.2) is 0 Å². The Balaban J connectivity index is 1.85. The summed E-state index contributed by atoms with van der Waals surface area (Å²) in [5.74, 6) is 7.74. The minimum atomic E-state index is 0.378. The highest BCUT2D eigenvalue weighted by molar-refractivity contribution is 5.38. The molecule has 2 aromatic rings. The molecule has 0 saturated carbocycles. The number of hydrogen-bond donors (Lipinski definition) is 1. The van der Waals surface area contributed by atoms with Gasteiger partial charge in [0.1, 0.15) is 18.2 Å². The van der Waals surface area contributed by atoms with Crippen molar-refractivity contribution in [2.45, 2.75) is 19.9 Å². The molecular formula is C16H19N3O. The summed E-state index contributed by atoms with van der Waals surface area (Å²) in [5, 5.41) is 0. The van der Waals surface area contributed by atoms with Gasteiger partial charge in [-0.05, 0) is 24.3 Å². The highest BCUT2D eigenvalue weighted by Crippen LogP contribution is 2.11. The lowest BCUT2D eigenvalue weighted by Crippen LogP contribution is -2.10. The molecule has 0 amide bonds. The van der Waals surface area contributed by atoms with Gasteiger partial charge in [-0.1, -0.05) is 18.8 Å². The van der Waals surface area contributed by atoms with E-state index < -0.39 is 0 Å². The van der Waals surface area contributed by atoms with Crippen LogP contribution in [-0.4, -0.2) is 22.7 Å². The van der Waals surface area contributed by atoms with Crippen molar-refractivity contribution in [1.82, 2.24) is 9.55 Å². The van der Waals surface area contributed by atoms with Crippen molar-refractivity contribution in [2.75, 3.05) is 13.2 Å². The maximum Gasteiger partial charge on any atom is 0.119 e. The second-order valence-corrected chi connectivity index (χ2v) is 4.27. The summed E-state index contributed by atoms with van der Waals surface area (Å²) < 4.78 is 7.83. The van der Waals surface area contributed by atoms with Crippen LogP contribution in [0.15, 0.2) is 36.7 Å². The Morgan fingerprint density at radius 2 is 2.10 bits per heavy atom. The monoisotopic (exact) mass is 269 g/mol. The van der Waals surface area contributed by atoms with Crippen molar-refractivity contribution in [3.05, 3.63) is 48.0 Å². The zero-order chi connectivity index (χ0) is 14.2. The van der Waals surface area contributed by atoms with Crippen LogP contribution in [0.2, 0.25) is 0 Å². The Morgan fingerprint density at radius 3 is 2.80 bits per heavy atom. The first-order valence-electron chi connectivity index (χ1n) is 6.75. The van der Waals surface area contributed by atoms with Gasteiger partial charge in [-0.25, -0.2) is 4.98 Å². The average molecular weight is 269 g/mol. The largest absolute Gasteiger partial charge is 0.492 e. The van der Waals surface area contributed by atoms with Crippen molar-refractivity contribution in [2.24, 2.45) is 5.73 Å². The first kappa shape index (κ1) is 14.2. The number of nitrogens with two attached hydrogens (primary N) is 1. The molecule has 0 bridgehead atoms. The van der Waals surface area contributed by atoms with E-state index in [1.165, 1.54) is 0 Å².